The first-order valence-corrected chi connectivity index (χ1v) is 21.3. The Morgan fingerprint density at radius 2 is 1.74 bits per heavy atom. The van der Waals surface area contributed by atoms with Gasteiger partial charge >= 0.3 is 0 Å². The number of piperidine rings is 3. The quantitative estimate of drug-likeness (QED) is 0.0925. The summed E-state index contributed by atoms with van der Waals surface area (Å²) in [5, 5.41) is 20.0. The number of halogens is 3. The number of pyridine rings is 1. The van der Waals surface area contributed by atoms with E-state index in [4.69, 9.17) is 9.97 Å². The summed E-state index contributed by atoms with van der Waals surface area (Å²) in [5.41, 5.74) is 2.64. The number of nitrogens with zero attached hydrogens (tertiary/aromatic N) is 7. The number of aliphatic hydroxyl groups is 1. The van der Waals surface area contributed by atoms with Gasteiger partial charge in [0.1, 0.15) is 22.8 Å². The highest BCUT2D eigenvalue weighted by atomic mass is 19.3. The van der Waals surface area contributed by atoms with Crippen molar-refractivity contribution in [3.05, 3.63) is 106 Å². The fraction of sp³-hybridized carbons (Fsp3) is 0.422. The number of nitrogens with one attached hydrogen (secondary N) is 3. The number of likely N-dealkylation sites (tertiary alicyclic amines) is 1. The van der Waals surface area contributed by atoms with Crippen LogP contribution >= 0.6 is 0 Å². The number of rotatable bonds is 11. The van der Waals surface area contributed by atoms with Gasteiger partial charge in [-0.25, -0.2) is 32.5 Å². The third kappa shape index (κ3) is 7.72. The zero-order valence-corrected chi connectivity index (χ0v) is 34.4. The molecule has 3 atom stereocenters. The van der Waals surface area contributed by atoms with Crippen LogP contribution in [0, 0.1) is 5.82 Å². The zero-order chi connectivity index (χ0) is 43.3. The van der Waals surface area contributed by atoms with Crippen LogP contribution in [0.2, 0.25) is 0 Å². The Morgan fingerprint density at radius 3 is 2.45 bits per heavy atom. The Labute approximate surface area is 355 Å². The first-order chi connectivity index (χ1) is 29.8. The SMILES string of the molecule is C=CCn1c(=O)c2cnc(Nc3ccc(N4CCC(N5CC[C@@H](c6ccc(NC7CCC(=O)NC7=O)cc6F)C(F)(F)C5)CC4)cc3)nc2n1-c1ccc2c(n1)[C@@](O)(CC)CC2. The third-order valence-electron chi connectivity index (χ3n) is 13.0. The van der Waals surface area contributed by atoms with Crippen LogP contribution in [-0.2, 0) is 28.2 Å². The average Bonchev–Trinajstić information content (AvgIpc) is 3.74. The van der Waals surface area contributed by atoms with Crippen LogP contribution in [0.25, 0.3) is 16.9 Å². The number of aryl methyl sites for hydroxylation is 1. The van der Waals surface area contributed by atoms with E-state index in [0.29, 0.717) is 73.6 Å². The van der Waals surface area contributed by atoms with Gasteiger partial charge in [0.25, 0.3) is 11.5 Å². The van der Waals surface area contributed by atoms with Crippen molar-refractivity contribution in [3.8, 4) is 5.82 Å². The molecule has 0 saturated carbocycles. The van der Waals surface area contributed by atoms with E-state index in [9.17, 15) is 19.5 Å². The van der Waals surface area contributed by atoms with Gasteiger partial charge in [0, 0.05) is 48.8 Å². The molecule has 4 N–H and O–H groups in total. The summed E-state index contributed by atoms with van der Waals surface area (Å²) in [6.07, 6.45) is 6.92. The Balaban J connectivity index is 0.827. The van der Waals surface area contributed by atoms with Crippen molar-refractivity contribution in [1.82, 2.24) is 34.5 Å². The lowest BCUT2D eigenvalue weighted by molar-refractivity contribution is -0.133. The molecule has 1 unspecified atom stereocenters. The number of carbonyl (C=O) groups is 2. The number of carbonyl (C=O) groups excluding carboxylic acids is 2. The van der Waals surface area contributed by atoms with E-state index in [1.807, 2.05) is 48.2 Å². The molecule has 6 heterocycles. The first-order valence-electron chi connectivity index (χ1n) is 21.3. The van der Waals surface area contributed by atoms with Crippen molar-refractivity contribution in [3.63, 3.8) is 0 Å². The van der Waals surface area contributed by atoms with Gasteiger partial charge in [-0.2, -0.15) is 4.98 Å². The van der Waals surface area contributed by atoms with Gasteiger partial charge in [-0.3, -0.25) is 24.6 Å². The molecular formula is C45H49F3N10O4. The van der Waals surface area contributed by atoms with Crippen molar-refractivity contribution < 1.29 is 27.9 Å². The number of imide groups is 1. The molecule has 2 amide bonds. The first kappa shape index (κ1) is 41.3. The van der Waals surface area contributed by atoms with Crippen molar-refractivity contribution >= 4 is 45.9 Å². The minimum Gasteiger partial charge on any atom is -0.384 e. The van der Waals surface area contributed by atoms with Crippen molar-refractivity contribution in [2.75, 3.05) is 41.7 Å². The minimum absolute atomic E-state index is 0.0281. The van der Waals surface area contributed by atoms with Crippen LogP contribution < -0.4 is 26.4 Å². The molecule has 0 bridgehead atoms. The fourth-order valence-electron chi connectivity index (χ4n) is 9.58. The molecule has 5 aromatic rings. The number of hydrogen-bond donors (Lipinski definition) is 4. The van der Waals surface area contributed by atoms with Crippen LogP contribution in [0.4, 0.5) is 36.2 Å². The summed E-state index contributed by atoms with van der Waals surface area (Å²) >= 11 is 0. The maximum absolute atomic E-state index is 15.8. The van der Waals surface area contributed by atoms with Crippen LogP contribution in [0.5, 0.6) is 0 Å². The molecule has 2 aromatic carbocycles. The number of alkyl halides is 2. The highest BCUT2D eigenvalue weighted by Crippen LogP contribution is 2.43. The summed E-state index contributed by atoms with van der Waals surface area (Å²) in [4.78, 5) is 55.3. The third-order valence-corrected chi connectivity index (χ3v) is 13.0. The van der Waals surface area contributed by atoms with E-state index in [1.54, 1.807) is 10.8 Å². The Hall–Kier alpha value is -6.07. The Morgan fingerprint density at radius 1 is 0.968 bits per heavy atom. The topological polar surface area (TPSA) is 163 Å². The zero-order valence-electron chi connectivity index (χ0n) is 34.4. The van der Waals surface area contributed by atoms with E-state index in [1.165, 1.54) is 23.0 Å². The maximum atomic E-state index is 15.8. The molecule has 3 aliphatic heterocycles. The normalized spacial score (nSPS) is 23.0. The number of amides is 2. The Kier molecular flexibility index (Phi) is 10.9. The smallest absolute Gasteiger partial charge is 0.278 e. The predicted molar refractivity (Wildman–Crippen MR) is 229 cm³/mol. The second-order valence-corrected chi connectivity index (χ2v) is 16.8. The van der Waals surface area contributed by atoms with Gasteiger partial charge in [-0.15, -0.1) is 6.58 Å². The summed E-state index contributed by atoms with van der Waals surface area (Å²) in [5.74, 6) is -5.27. The number of benzene rings is 2. The largest absolute Gasteiger partial charge is 0.384 e. The lowest BCUT2D eigenvalue weighted by Crippen LogP contribution is -2.54. The maximum Gasteiger partial charge on any atom is 0.278 e. The number of allylic oxidation sites excluding steroid dienone is 1. The summed E-state index contributed by atoms with van der Waals surface area (Å²) in [6.45, 7) is 7.32. The van der Waals surface area contributed by atoms with Gasteiger partial charge in [-0.05, 0) is 105 Å². The van der Waals surface area contributed by atoms with Crippen molar-refractivity contribution in [1.29, 1.82) is 0 Å². The van der Waals surface area contributed by atoms with Crippen LogP contribution in [0.15, 0.2) is 78.2 Å². The number of anilines is 4. The van der Waals surface area contributed by atoms with Crippen LogP contribution in [-0.4, -0.2) is 90.3 Å². The second kappa shape index (κ2) is 16.3. The molecule has 3 saturated heterocycles. The summed E-state index contributed by atoms with van der Waals surface area (Å²) in [6, 6.07) is 14.9. The molecule has 9 rings (SSSR count). The summed E-state index contributed by atoms with van der Waals surface area (Å²) in [7, 11) is 0. The highest BCUT2D eigenvalue weighted by Gasteiger charge is 2.48. The molecule has 0 radical (unpaired) electrons. The highest BCUT2D eigenvalue weighted by molar-refractivity contribution is 6.01. The number of fused-ring (bicyclic) bond motifs is 2. The molecule has 14 nitrogen and oxygen atoms in total. The van der Waals surface area contributed by atoms with E-state index >= 15 is 13.2 Å². The van der Waals surface area contributed by atoms with Gasteiger partial charge in [0.15, 0.2) is 11.5 Å². The molecule has 3 aromatic heterocycles. The van der Waals surface area contributed by atoms with Crippen LogP contribution in [0.3, 0.4) is 0 Å². The Bertz CT molecular complexity index is 2610. The molecule has 3 fully saturated rings. The van der Waals surface area contributed by atoms with Gasteiger partial charge in [-0.1, -0.05) is 25.1 Å². The number of hydrogen-bond acceptors (Lipinski definition) is 11. The molecule has 0 spiro atoms. The minimum atomic E-state index is -3.14. The van der Waals surface area contributed by atoms with Crippen molar-refractivity contribution in [2.45, 2.75) is 94.4 Å². The van der Waals surface area contributed by atoms with Gasteiger partial charge < -0.3 is 20.6 Å². The lowest BCUT2D eigenvalue weighted by Gasteiger charge is -2.45. The fourth-order valence-corrected chi connectivity index (χ4v) is 9.58. The molecule has 62 heavy (non-hydrogen) atoms. The average molecular weight is 851 g/mol. The van der Waals surface area contributed by atoms with E-state index < -0.39 is 41.8 Å². The van der Waals surface area contributed by atoms with Gasteiger partial charge in [0.05, 0.1) is 24.7 Å². The van der Waals surface area contributed by atoms with Crippen molar-refractivity contribution in [2.24, 2.45) is 0 Å². The van der Waals surface area contributed by atoms with Gasteiger partial charge in [0.2, 0.25) is 17.8 Å². The molecule has 324 valence electrons. The molecule has 17 heteroatoms. The van der Waals surface area contributed by atoms with E-state index in [-0.39, 0.29) is 54.8 Å². The van der Waals surface area contributed by atoms with Crippen LogP contribution in [0.1, 0.15) is 74.6 Å². The van der Waals surface area contributed by atoms with E-state index in [2.05, 4.69) is 32.4 Å². The molecular weight excluding hydrogens is 802 g/mol. The summed E-state index contributed by atoms with van der Waals surface area (Å²) < 4.78 is 50.0. The predicted octanol–water partition coefficient (Wildman–Crippen LogP) is 5.90. The second-order valence-electron chi connectivity index (χ2n) is 16.8. The van der Waals surface area contributed by atoms with E-state index in [0.717, 1.165) is 29.4 Å². The lowest BCUT2D eigenvalue weighted by atomic mass is 9.84. The molecule has 1 aliphatic carbocycles. The molecule has 4 aliphatic rings. The standard InChI is InChI=1S/C45H49F3N10O4/c1-3-20-57-42(61)33-25-49-43(54-40(33)58(57)37-13-5-27-15-19-44(62,4-2)39(27)52-37)51-28-6-9-30(10-7-28)55-21-16-31(17-22-55)56-23-18-34(45(47,48)26-56)32-11-8-29(24-35(32)46)50-36-12-14-38(59)53-41(36)60/h3,5-11,13,24-25,31,34,36,50,62H,1,4,12,14-23,26H2,2H3,(H,49,51,54)(H,53,59,60)/t34-,36?,44+/m0/s1. The number of aromatic nitrogens is 5. The monoisotopic (exact) mass is 850 g/mol.